The zero-order valence-electron chi connectivity index (χ0n) is 15.1. The lowest BCUT2D eigenvalue weighted by atomic mass is 9.97. The van der Waals surface area contributed by atoms with E-state index in [9.17, 15) is 9.59 Å². The van der Waals surface area contributed by atoms with Crippen molar-refractivity contribution in [2.45, 2.75) is 12.8 Å². The van der Waals surface area contributed by atoms with Crippen LogP contribution >= 0.6 is 0 Å². The Morgan fingerprint density at radius 3 is 2.50 bits per heavy atom. The molecular weight excluding hydrogens is 356 g/mol. The van der Waals surface area contributed by atoms with Crippen molar-refractivity contribution in [2.75, 3.05) is 13.1 Å². The van der Waals surface area contributed by atoms with Gasteiger partial charge in [0.05, 0.1) is 23.2 Å². The number of carboxylic acids is 1. The quantitative estimate of drug-likeness (QED) is 0.760. The van der Waals surface area contributed by atoms with Crippen LogP contribution < -0.4 is 0 Å². The molecule has 0 spiro atoms. The van der Waals surface area contributed by atoms with Crippen LogP contribution in [-0.2, 0) is 4.79 Å². The number of hydrogen-bond acceptors (Lipinski definition) is 4. The molecule has 0 bridgehead atoms. The average Bonchev–Trinajstić information content (AvgIpc) is 3.16. The fourth-order valence-corrected chi connectivity index (χ4v) is 3.48. The molecule has 1 amide bonds. The highest BCUT2D eigenvalue weighted by atomic mass is 16.4. The Hall–Kier alpha value is -3.66. The van der Waals surface area contributed by atoms with Crippen molar-refractivity contribution in [1.29, 1.82) is 5.26 Å². The molecule has 1 N–H and O–H groups in total. The molecule has 1 fully saturated rings. The van der Waals surface area contributed by atoms with Crippen LogP contribution in [0.1, 0.15) is 28.8 Å². The van der Waals surface area contributed by atoms with Gasteiger partial charge in [0.25, 0.3) is 5.91 Å². The lowest BCUT2D eigenvalue weighted by Gasteiger charge is -2.30. The zero-order valence-corrected chi connectivity index (χ0v) is 15.1. The molecule has 3 heterocycles. The van der Waals surface area contributed by atoms with E-state index < -0.39 is 5.97 Å². The molecule has 0 unspecified atom stereocenters. The number of hydrogen-bond donors (Lipinski definition) is 1. The van der Waals surface area contributed by atoms with Gasteiger partial charge in [-0.2, -0.15) is 5.26 Å². The molecule has 2 aromatic heterocycles. The Morgan fingerprint density at radius 2 is 1.86 bits per heavy atom. The minimum Gasteiger partial charge on any atom is -0.481 e. The molecule has 28 heavy (non-hydrogen) atoms. The largest absolute Gasteiger partial charge is 0.481 e. The topological polar surface area (TPSA) is 98.7 Å². The summed E-state index contributed by atoms with van der Waals surface area (Å²) in [6, 6.07) is 12.8. The van der Waals surface area contributed by atoms with Crippen LogP contribution in [-0.4, -0.2) is 44.4 Å². The van der Waals surface area contributed by atoms with Crippen LogP contribution in [0.15, 0.2) is 48.8 Å². The number of likely N-dealkylation sites (tertiary alicyclic amines) is 1. The van der Waals surface area contributed by atoms with Gasteiger partial charge in [-0.15, -0.1) is 0 Å². The van der Waals surface area contributed by atoms with Crippen molar-refractivity contribution in [2.24, 2.45) is 5.92 Å². The number of nitrogens with zero attached hydrogens (tertiary/aromatic N) is 4. The van der Waals surface area contributed by atoms with Crippen LogP contribution in [0.3, 0.4) is 0 Å². The number of aromatic nitrogens is 2. The van der Waals surface area contributed by atoms with Crippen molar-refractivity contribution in [3.8, 4) is 17.3 Å². The summed E-state index contributed by atoms with van der Waals surface area (Å²) in [6.45, 7) is 0.901. The van der Waals surface area contributed by atoms with Gasteiger partial charge in [0.15, 0.2) is 0 Å². The second-order valence-corrected chi connectivity index (χ2v) is 6.90. The van der Waals surface area contributed by atoms with Gasteiger partial charge in [0.1, 0.15) is 5.65 Å². The lowest BCUT2D eigenvalue weighted by Crippen LogP contribution is -2.40. The summed E-state index contributed by atoms with van der Waals surface area (Å²) < 4.78 is 1.85. The molecule has 4 rings (SSSR count). The molecule has 0 radical (unpaired) electrons. The first-order chi connectivity index (χ1) is 13.5. The van der Waals surface area contributed by atoms with Gasteiger partial charge < -0.3 is 14.4 Å². The molecule has 1 aliphatic rings. The number of piperidine rings is 1. The Morgan fingerprint density at radius 1 is 1.14 bits per heavy atom. The smallest absolute Gasteiger partial charge is 0.306 e. The van der Waals surface area contributed by atoms with Crippen molar-refractivity contribution < 1.29 is 14.7 Å². The zero-order chi connectivity index (χ0) is 19.7. The molecule has 0 saturated carbocycles. The van der Waals surface area contributed by atoms with Gasteiger partial charge in [-0.05, 0) is 37.1 Å². The predicted molar refractivity (Wildman–Crippen MR) is 102 cm³/mol. The monoisotopic (exact) mass is 374 g/mol. The maximum Gasteiger partial charge on any atom is 0.306 e. The third kappa shape index (κ3) is 3.32. The summed E-state index contributed by atoms with van der Waals surface area (Å²) in [6.07, 6.45) is 4.64. The minimum atomic E-state index is -0.791. The number of benzene rings is 1. The summed E-state index contributed by atoms with van der Waals surface area (Å²) in [7, 11) is 0. The number of rotatable bonds is 3. The number of carbonyl (C=O) groups excluding carboxylic acids is 1. The van der Waals surface area contributed by atoms with Crippen LogP contribution in [0.5, 0.6) is 0 Å². The number of amides is 1. The summed E-state index contributed by atoms with van der Waals surface area (Å²) in [5.74, 6) is -1.26. The highest BCUT2D eigenvalue weighted by molar-refractivity contribution is 5.95. The number of fused-ring (bicyclic) bond motifs is 1. The minimum absolute atomic E-state index is 0.103. The maximum atomic E-state index is 12.8. The number of nitriles is 1. The van der Waals surface area contributed by atoms with Crippen molar-refractivity contribution in [3.05, 3.63) is 59.9 Å². The van der Waals surface area contributed by atoms with E-state index in [0.29, 0.717) is 42.7 Å². The predicted octanol–water partition coefficient (Wildman–Crippen LogP) is 2.81. The first-order valence-corrected chi connectivity index (χ1v) is 9.06. The maximum absolute atomic E-state index is 12.8. The number of aliphatic carboxylic acids is 1. The molecule has 1 aliphatic heterocycles. The first-order valence-electron chi connectivity index (χ1n) is 9.06. The second-order valence-electron chi connectivity index (χ2n) is 6.90. The lowest BCUT2D eigenvalue weighted by molar-refractivity contribution is -0.143. The van der Waals surface area contributed by atoms with E-state index in [0.717, 1.165) is 11.3 Å². The molecule has 0 aliphatic carbocycles. The highest BCUT2D eigenvalue weighted by Crippen LogP contribution is 2.22. The number of pyridine rings is 1. The fraction of sp³-hybridized carbons (Fsp3) is 0.238. The van der Waals surface area contributed by atoms with E-state index in [1.165, 1.54) is 0 Å². The first kappa shape index (κ1) is 17.7. The molecule has 3 aromatic rings. The molecule has 1 aromatic carbocycles. The van der Waals surface area contributed by atoms with Gasteiger partial charge in [0, 0.05) is 36.6 Å². The third-order valence-corrected chi connectivity index (χ3v) is 5.15. The third-order valence-electron chi connectivity index (χ3n) is 5.15. The Kier molecular flexibility index (Phi) is 4.53. The van der Waals surface area contributed by atoms with E-state index in [1.807, 2.05) is 22.7 Å². The standard InChI is InChI=1S/C21H18N4O3/c22-12-14-1-3-15(4-2-14)18-13-25-10-7-17(11-19(25)23-18)20(26)24-8-5-16(6-9-24)21(27)28/h1-4,7,10-11,13,16H,5-6,8-9H2,(H,27,28). The van der Waals surface area contributed by atoms with Crippen molar-refractivity contribution >= 4 is 17.5 Å². The molecule has 140 valence electrons. The summed E-state index contributed by atoms with van der Waals surface area (Å²) in [4.78, 5) is 30.1. The average molecular weight is 374 g/mol. The molecule has 0 atom stereocenters. The molecule has 7 heteroatoms. The van der Waals surface area contributed by atoms with E-state index in [4.69, 9.17) is 10.4 Å². The SMILES string of the molecule is N#Cc1ccc(-c2cn3ccc(C(=O)N4CCC(C(=O)O)CC4)cc3n2)cc1. The Balaban J connectivity index is 1.55. The van der Waals surface area contributed by atoms with E-state index >= 15 is 0 Å². The molecule has 7 nitrogen and oxygen atoms in total. The van der Waals surface area contributed by atoms with Gasteiger partial charge in [-0.25, -0.2) is 4.98 Å². The number of imidazole rings is 1. The summed E-state index contributed by atoms with van der Waals surface area (Å²) >= 11 is 0. The van der Waals surface area contributed by atoms with Crippen molar-refractivity contribution in [1.82, 2.24) is 14.3 Å². The highest BCUT2D eigenvalue weighted by Gasteiger charge is 2.27. The molecule has 1 saturated heterocycles. The van der Waals surface area contributed by atoms with Gasteiger partial charge in [-0.1, -0.05) is 12.1 Å². The molecular formula is C21H18N4O3. The van der Waals surface area contributed by atoms with Crippen LogP contribution in [0.2, 0.25) is 0 Å². The number of carbonyl (C=O) groups is 2. The van der Waals surface area contributed by atoms with E-state index in [2.05, 4.69) is 11.1 Å². The van der Waals surface area contributed by atoms with Crippen LogP contribution in [0, 0.1) is 17.2 Å². The van der Waals surface area contributed by atoms with Gasteiger partial charge in [-0.3, -0.25) is 9.59 Å². The number of carboxylic acid groups (broad SMARTS) is 1. The van der Waals surface area contributed by atoms with E-state index in [-0.39, 0.29) is 11.8 Å². The van der Waals surface area contributed by atoms with Crippen LogP contribution in [0.25, 0.3) is 16.9 Å². The Labute approximate surface area is 161 Å². The normalized spacial score (nSPS) is 14.8. The van der Waals surface area contributed by atoms with Crippen molar-refractivity contribution in [3.63, 3.8) is 0 Å². The Bertz CT molecular complexity index is 1090. The van der Waals surface area contributed by atoms with Crippen LogP contribution in [0.4, 0.5) is 0 Å². The van der Waals surface area contributed by atoms with Gasteiger partial charge >= 0.3 is 5.97 Å². The summed E-state index contributed by atoms with van der Waals surface area (Å²) in [5, 5.41) is 18.0. The fourth-order valence-electron chi connectivity index (χ4n) is 3.48. The second kappa shape index (κ2) is 7.16. The van der Waals surface area contributed by atoms with Gasteiger partial charge in [0.2, 0.25) is 0 Å². The summed E-state index contributed by atoms with van der Waals surface area (Å²) in [5.41, 5.74) is 3.44. The van der Waals surface area contributed by atoms with E-state index in [1.54, 1.807) is 35.4 Å².